The van der Waals surface area contributed by atoms with E-state index in [0.29, 0.717) is 44.8 Å². The quantitative estimate of drug-likeness (QED) is 0.539. The maximum absolute atomic E-state index is 14.1. The molecule has 0 aliphatic carbocycles. The predicted octanol–water partition coefficient (Wildman–Crippen LogP) is 3.15. The molecule has 0 saturated carbocycles. The van der Waals surface area contributed by atoms with Gasteiger partial charge in [-0.05, 0) is 42.8 Å². The third kappa shape index (κ3) is 4.73. The lowest BCUT2D eigenvalue weighted by Gasteiger charge is -2.38. The Labute approximate surface area is 205 Å². The van der Waals surface area contributed by atoms with Crippen LogP contribution >= 0.6 is 11.3 Å². The Bertz CT molecular complexity index is 1310. The normalized spacial score (nSPS) is 19.4. The number of piperazine rings is 1. The summed E-state index contributed by atoms with van der Waals surface area (Å²) in [5.74, 6) is -1.77. The van der Waals surface area contributed by atoms with Gasteiger partial charge in [0, 0.05) is 50.0 Å². The molecular weight excluding hydrogens is 496 g/mol. The SMILES string of the molecule is O=C1[C@@H](N2CCN(c3cccc(F)c3F)CC2)CCN1c1ccc(S(=O)(=O)Nc2nccs2)cc1. The van der Waals surface area contributed by atoms with Crippen molar-refractivity contribution in [1.82, 2.24) is 9.88 Å². The monoisotopic (exact) mass is 519 g/mol. The van der Waals surface area contributed by atoms with E-state index in [4.69, 9.17) is 0 Å². The lowest BCUT2D eigenvalue weighted by Crippen LogP contribution is -2.52. The van der Waals surface area contributed by atoms with Crippen LogP contribution < -0.4 is 14.5 Å². The van der Waals surface area contributed by atoms with Crippen LogP contribution in [0.3, 0.4) is 0 Å². The molecule has 3 heterocycles. The van der Waals surface area contributed by atoms with Gasteiger partial charge in [0.05, 0.1) is 16.6 Å². The Kier molecular flexibility index (Phi) is 6.43. The lowest BCUT2D eigenvalue weighted by molar-refractivity contribution is -0.121. The van der Waals surface area contributed by atoms with Gasteiger partial charge in [-0.2, -0.15) is 0 Å². The maximum atomic E-state index is 14.1. The number of aromatic nitrogens is 1. The number of sulfonamides is 1. The average Bonchev–Trinajstić information content (AvgIpc) is 3.50. The van der Waals surface area contributed by atoms with Crippen LogP contribution in [0, 0.1) is 11.6 Å². The Morgan fingerprint density at radius 2 is 1.74 bits per heavy atom. The molecule has 8 nitrogen and oxygen atoms in total. The summed E-state index contributed by atoms with van der Waals surface area (Å²) in [5, 5.41) is 1.96. The van der Waals surface area contributed by atoms with Gasteiger partial charge in [0.2, 0.25) is 5.91 Å². The zero-order chi connectivity index (χ0) is 24.6. The number of carbonyl (C=O) groups is 1. The first-order valence-electron chi connectivity index (χ1n) is 11.1. The highest BCUT2D eigenvalue weighted by atomic mass is 32.2. The topological polar surface area (TPSA) is 85.9 Å². The van der Waals surface area contributed by atoms with E-state index in [-0.39, 0.29) is 27.7 Å². The number of rotatable bonds is 6. The lowest BCUT2D eigenvalue weighted by atomic mass is 10.1. The largest absolute Gasteiger partial charge is 0.367 e. The van der Waals surface area contributed by atoms with Crippen molar-refractivity contribution in [2.45, 2.75) is 17.4 Å². The summed E-state index contributed by atoms with van der Waals surface area (Å²) >= 11 is 1.18. The van der Waals surface area contributed by atoms with E-state index in [9.17, 15) is 22.0 Å². The number of anilines is 3. The molecular formula is C23H23F2N5O3S2. The van der Waals surface area contributed by atoms with Crippen molar-refractivity contribution in [3.05, 3.63) is 65.7 Å². The van der Waals surface area contributed by atoms with Crippen LogP contribution in [0.15, 0.2) is 58.9 Å². The maximum Gasteiger partial charge on any atom is 0.263 e. The first-order valence-corrected chi connectivity index (χ1v) is 13.5. The predicted molar refractivity (Wildman–Crippen MR) is 130 cm³/mol. The van der Waals surface area contributed by atoms with Gasteiger partial charge in [-0.25, -0.2) is 22.2 Å². The van der Waals surface area contributed by atoms with Crippen molar-refractivity contribution in [2.75, 3.05) is 47.2 Å². The molecule has 1 atom stereocenters. The Balaban J connectivity index is 1.22. The fraction of sp³-hybridized carbons (Fsp3) is 0.304. The number of carbonyl (C=O) groups excluding carboxylic acids is 1. The minimum atomic E-state index is -3.77. The van der Waals surface area contributed by atoms with Crippen molar-refractivity contribution in [1.29, 1.82) is 0 Å². The zero-order valence-electron chi connectivity index (χ0n) is 18.6. The molecule has 2 fully saturated rings. The summed E-state index contributed by atoms with van der Waals surface area (Å²) in [7, 11) is -3.77. The molecule has 0 radical (unpaired) electrons. The van der Waals surface area contributed by atoms with Crippen LogP contribution in [0.1, 0.15) is 6.42 Å². The van der Waals surface area contributed by atoms with E-state index in [1.54, 1.807) is 33.4 Å². The first-order chi connectivity index (χ1) is 16.8. The number of amides is 1. The van der Waals surface area contributed by atoms with Crippen molar-refractivity contribution in [3.8, 4) is 0 Å². The van der Waals surface area contributed by atoms with Gasteiger partial charge in [0.1, 0.15) is 0 Å². The number of benzene rings is 2. The summed E-state index contributed by atoms with van der Waals surface area (Å²) in [6.07, 6.45) is 2.15. The van der Waals surface area contributed by atoms with Gasteiger partial charge in [0.25, 0.3) is 10.0 Å². The molecule has 2 aromatic carbocycles. The van der Waals surface area contributed by atoms with Crippen molar-refractivity contribution in [2.24, 2.45) is 0 Å². The van der Waals surface area contributed by atoms with E-state index in [1.807, 2.05) is 0 Å². The summed E-state index contributed by atoms with van der Waals surface area (Å²) < 4.78 is 55.2. The summed E-state index contributed by atoms with van der Waals surface area (Å²) in [4.78, 5) is 22.7. The summed E-state index contributed by atoms with van der Waals surface area (Å²) in [6, 6.07) is 10.0. The second-order valence-corrected chi connectivity index (χ2v) is 10.9. The van der Waals surface area contributed by atoms with Crippen LogP contribution in [0.5, 0.6) is 0 Å². The molecule has 1 amide bonds. The van der Waals surface area contributed by atoms with Crippen molar-refractivity contribution < 1.29 is 22.0 Å². The molecule has 0 bridgehead atoms. The number of nitrogens with zero attached hydrogens (tertiary/aromatic N) is 4. The fourth-order valence-electron chi connectivity index (χ4n) is 4.52. The molecule has 1 aromatic heterocycles. The summed E-state index contributed by atoms with van der Waals surface area (Å²) in [5.41, 5.74) is 0.870. The van der Waals surface area contributed by atoms with Gasteiger partial charge in [-0.1, -0.05) is 6.07 Å². The third-order valence-electron chi connectivity index (χ3n) is 6.32. The van der Waals surface area contributed by atoms with Crippen LogP contribution in [0.4, 0.5) is 25.3 Å². The minimum Gasteiger partial charge on any atom is -0.367 e. The van der Waals surface area contributed by atoms with Gasteiger partial charge in [-0.15, -0.1) is 11.3 Å². The molecule has 0 unspecified atom stereocenters. The van der Waals surface area contributed by atoms with Crippen LogP contribution in [0.2, 0.25) is 0 Å². The van der Waals surface area contributed by atoms with Crippen LogP contribution in [0.25, 0.3) is 0 Å². The van der Waals surface area contributed by atoms with Gasteiger partial charge in [-0.3, -0.25) is 14.4 Å². The number of nitrogens with one attached hydrogen (secondary N) is 1. The first kappa shape index (κ1) is 23.6. The second kappa shape index (κ2) is 9.51. The molecule has 0 spiro atoms. The summed E-state index contributed by atoms with van der Waals surface area (Å²) in [6.45, 7) is 2.61. The fourth-order valence-corrected chi connectivity index (χ4v) is 6.31. The smallest absolute Gasteiger partial charge is 0.263 e. The molecule has 2 aliphatic rings. The second-order valence-electron chi connectivity index (χ2n) is 8.33. The van der Waals surface area contributed by atoms with Gasteiger partial charge >= 0.3 is 0 Å². The highest BCUT2D eigenvalue weighted by molar-refractivity contribution is 7.93. The Morgan fingerprint density at radius 1 is 1.00 bits per heavy atom. The molecule has 12 heteroatoms. The molecule has 2 saturated heterocycles. The van der Waals surface area contributed by atoms with Crippen molar-refractivity contribution >= 4 is 43.8 Å². The highest BCUT2D eigenvalue weighted by Crippen LogP contribution is 2.28. The molecule has 5 rings (SSSR count). The molecule has 1 N–H and O–H groups in total. The van der Waals surface area contributed by atoms with Crippen molar-refractivity contribution in [3.63, 3.8) is 0 Å². The van der Waals surface area contributed by atoms with E-state index in [2.05, 4.69) is 14.6 Å². The minimum absolute atomic E-state index is 0.0492. The highest BCUT2D eigenvalue weighted by Gasteiger charge is 2.38. The molecule has 3 aromatic rings. The van der Waals surface area contributed by atoms with E-state index in [1.165, 1.54) is 35.7 Å². The molecule has 2 aliphatic heterocycles. The van der Waals surface area contributed by atoms with E-state index in [0.717, 1.165) is 6.07 Å². The average molecular weight is 520 g/mol. The van der Waals surface area contributed by atoms with E-state index >= 15 is 0 Å². The van der Waals surface area contributed by atoms with Crippen LogP contribution in [-0.4, -0.2) is 63.0 Å². The van der Waals surface area contributed by atoms with Crippen LogP contribution in [-0.2, 0) is 14.8 Å². The van der Waals surface area contributed by atoms with E-state index < -0.39 is 21.7 Å². The Morgan fingerprint density at radius 3 is 2.43 bits per heavy atom. The third-order valence-corrected chi connectivity index (χ3v) is 8.49. The zero-order valence-corrected chi connectivity index (χ0v) is 20.2. The molecule has 184 valence electrons. The molecule has 35 heavy (non-hydrogen) atoms. The number of hydrogen-bond acceptors (Lipinski definition) is 7. The standard InChI is InChI=1S/C23H23F2N5O3S2/c24-18-2-1-3-19(21(18)25)28-11-13-29(14-12-28)20-8-10-30(22(20)31)16-4-6-17(7-5-16)35(32,33)27-23-26-9-15-34-23/h1-7,9,15,20H,8,10-14H2,(H,26,27)/t20-/m0/s1. The van der Waals surface area contributed by atoms with Gasteiger partial charge in [0.15, 0.2) is 16.8 Å². The Hall–Kier alpha value is -3.09. The number of thiazole rings is 1. The number of halogens is 2. The van der Waals surface area contributed by atoms with Gasteiger partial charge < -0.3 is 9.80 Å². The number of hydrogen-bond donors (Lipinski definition) is 1.